The van der Waals surface area contributed by atoms with E-state index in [-0.39, 0.29) is 10.8 Å². The molecule has 0 spiro atoms. The molecule has 0 saturated carbocycles. The van der Waals surface area contributed by atoms with Gasteiger partial charge < -0.3 is 10.3 Å². The minimum absolute atomic E-state index is 0.0587. The number of hydrogen-bond acceptors (Lipinski definition) is 4. The molecule has 1 heterocycles. The number of benzene rings is 1. The average molecular weight is 413 g/mol. The van der Waals surface area contributed by atoms with E-state index in [0.29, 0.717) is 10.7 Å². The molecule has 102 valence electrons. The molecule has 1 aromatic heterocycles. The Hall–Kier alpha value is -1.000. The van der Waals surface area contributed by atoms with Gasteiger partial charge in [0, 0.05) is 10.6 Å². The maximum absolute atomic E-state index is 12.2. The molecule has 0 aliphatic rings. The number of hydrogen-bond donors (Lipinski definition) is 2. The topological polar surface area (TPSA) is 90.0 Å². The Morgan fingerprint density at radius 3 is 2.68 bits per heavy atom. The molecular weight excluding hydrogens is 403 g/mol. The number of aryl methyl sites for hydroxylation is 1. The van der Waals surface area contributed by atoms with Gasteiger partial charge in [0.25, 0.3) is 10.0 Å². The third kappa shape index (κ3) is 2.95. The number of rotatable bonds is 3. The van der Waals surface area contributed by atoms with Crippen molar-refractivity contribution < 1.29 is 8.42 Å². The van der Waals surface area contributed by atoms with Crippen LogP contribution in [0.15, 0.2) is 29.6 Å². The van der Waals surface area contributed by atoms with E-state index >= 15 is 0 Å². The van der Waals surface area contributed by atoms with E-state index in [1.54, 1.807) is 25.2 Å². The second-order valence-electron chi connectivity index (χ2n) is 3.78. The molecule has 3 N–H and O–H groups in total. The summed E-state index contributed by atoms with van der Waals surface area (Å²) in [5.41, 5.74) is 5.85. The number of anilines is 2. The molecule has 0 unspecified atom stereocenters. The van der Waals surface area contributed by atoms with Gasteiger partial charge in [-0.2, -0.15) is 8.42 Å². The van der Waals surface area contributed by atoms with Crippen molar-refractivity contribution in [2.75, 3.05) is 10.5 Å². The first kappa shape index (κ1) is 14.4. The Kier molecular flexibility index (Phi) is 3.92. The van der Waals surface area contributed by atoms with Crippen LogP contribution in [0.25, 0.3) is 0 Å². The Morgan fingerprint density at radius 1 is 1.47 bits per heavy atom. The van der Waals surface area contributed by atoms with E-state index in [9.17, 15) is 8.42 Å². The minimum atomic E-state index is -3.83. The minimum Gasteiger partial charge on any atom is -0.381 e. The third-order valence-corrected chi connectivity index (χ3v) is 4.82. The van der Waals surface area contributed by atoms with Crippen LogP contribution in [0.1, 0.15) is 0 Å². The molecule has 0 saturated heterocycles. The van der Waals surface area contributed by atoms with Gasteiger partial charge in [0.2, 0.25) is 0 Å². The molecule has 0 amide bonds. The summed E-state index contributed by atoms with van der Waals surface area (Å²) in [6, 6.07) is 5.00. The first-order valence-corrected chi connectivity index (χ1v) is 8.00. The second kappa shape index (κ2) is 5.17. The molecule has 19 heavy (non-hydrogen) atoms. The highest BCUT2D eigenvalue weighted by Gasteiger charge is 2.23. The van der Waals surface area contributed by atoms with E-state index in [2.05, 4.69) is 32.3 Å². The maximum Gasteiger partial charge on any atom is 0.281 e. The standard InChI is InChI=1S/C10H10ClIN4O2S/c1-16-5-14-9(13)10(16)19(17,18)15-8-3-2-6(12)4-7(8)11/h2-5,15H,13H2,1H3. The number of imidazole rings is 1. The number of nitrogen functional groups attached to an aromatic ring is 1. The Labute approximate surface area is 129 Å². The highest BCUT2D eigenvalue weighted by Crippen LogP contribution is 2.27. The van der Waals surface area contributed by atoms with Crippen LogP contribution in [0, 0.1) is 3.57 Å². The first-order chi connectivity index (χ1) is 8.81. The molecule has 2 rings (SSSR count). The van der Waals surface area contributed by atoms with Gasteiger partial charge in [0.1, 0.15) is 0 Å². The highest BCUT2D eigenvalue weighted by atomic mass is 127. The van der Waals surface area contributed by atoms with E-state index in [0.717, 1.165) is 3.57 Å². The molecule has 1 aromatic carbocycles. The quantitative estimate of drug-likeness (QED) is 0.755. The van der Waals surface area contributed by atoms with Crippen LogP contribution in [0.2, 0.25) is 5.02 Å². The molecule has 0 bridgehead atoms. The lowest BCUT2D eigenvalue weighted by molar-refractivity contribution is 0.592. The zero-order valence-corrected chi connectivity index (χ0v) is 13.5. The number of halogens is 2. The molecule has 0 aliphatic heterocycles. The maximum atomic E-state index is 12.2. The smallest absolute Gasteiger partial charge is 0.281 e. The van der Waals surface area contributed by atoms with Crippen LogP contribution in [0.3, 0.4) is 0 Å². The van der Waals surface area contributed by atoms with E-state index in [1.807, 2.05) is 0 Å². The number of nitrogens with two attached hydrogens (primary N) is 1. The Morgan fingerprint density at radius 2 is 2.16 bits per heavy atom. The van der Waals surface area contributed by atoms with Gasteiger partial charge in [0.15, 0.2) is 10.8 Å². The fraction of sp³-hybridized carbons (Fsp3) is 0.100. The van der Waals surface area contributed by atoms with Crippen LogP contribution < -0.4 is 10.5 Å². The SMILES string of the molecule is Cn1cnc(N)c1S(=O)(=O)Nc1ccc(I)cc1Cl. The first-order valence-electron chi connectivity index (χ1n) is 5.06. The number of nitrogens with one attached hydrogen (secondary N) is 1. The zero-order chi connectivity index (χ0) is 14.2. The van der Waals surface area contributed by atoms with Crippen molar-refractivity contribution in [3.8, 4) is 0 Å². The van der Waals surface area contributed by atoms with Gasteiger partial charge in [-0.3, -0.25) is 4.72 Å². The van der Waals surface area contributed by atoms with Gasteiger partial charge in [0.05, 0.1) is 17.0 Å². The van der Waals surface area contributed by atoms with Crippen molar-refractivity contribution in [2.45, 2.75) is 5.03 Å². The van der Waals surface area contributed by atoms with Crippen LogP contribution >= 0.6 is 34.2 Å². The van der Waals surface area contributed by atoms with Crippen molar-refractivity contribution in [1.82, 2.24) is 9.55 Å². The molecule has 0 atom stereocenters. The molecule has 9 heteroatoms. The van der Waals surface area contributed by atoms with Gasteiger partial charge in [-0.1, -0.05) is 11.6 Å². The zero-order valence-electron chi connectivity index (χ0n) is 9.76. The fourth-order valence-corrected chi connectivity index (χ4v) is 3.81. The summed E-state index contributed by atoms with van der Waals surface area (Å²) in [4.78, 5) is 3.75. The van der Waals surface area contributed by atoms with Gasteiger partial charge in [-0.25, -0.2) is 4.98 Å². The van der Waals surface area contributed by atoms with Gasteiger partial charge >= 0.3 is 0 Å². The lowest BCUT2D eigenvalue weighted by Gasteiger charge is -2.10. The lowest BCUT2D eigenvalue weighted by Crippen LogP contribution is -2.17. The summed E-state index contributed by atoms with van der Waals surface area (Å²) in [6.45, 7) is 0. The number of aromatic nitrogens is 2. The van der Waals surface area contributed by atoms with E-state index in [4.69, 9.17) is 17.3 Å². The van der Waals surface area contributed by atoms with Crippen molar-refractivity contribution in [3.05, 3.63) is 33.1 Å². The molecule has 6 nitrogen and oxygen atoms in total. The van der Waals surface area contributed by atoms with Crippen molar-refractivity contribution >= 4 is 55.7 Å². The second-order valence-corrected chi connectivity index (χ2v) is 7.03. The highest BCUT2D eigenvalue weighted by molar-refractivity contribution is 14.1. The van der Waals surface area contributed by atoms with Crippen molar-refractivity contribution in [1.29, 1.82) is 0 Å². The van der Waals surface area contributed by atoms with Crippen LogP contribution in [0.4, 0.5) is 11.5 Å². The van der Waals surface area contributed by atoms with Gasteiger partial charge in [-0.05, 0) is 40.8 Å². The summed E-state index contributed by atoms with van der Waals surface area (Å²) in [5.74, 6) is -0.0587. The largest absolute Gasteiger partial charge is 0.381 e. The third-order valence-electron chi connectivity index (χ3n) is 2.34. The molecule has 0 fully saturated rings. The fourth-order valence-electron chi connectivity index (χ4n) is 1.53. The van der Waals surface area contributed by atoms with E-state index in [1.165, 1.54) is 10.9 Å². The number of sulfonamides is 1. The van der Waals surface area contributed by atoms with Gasteiger partial charge in [-0.15, -0.1) is 0 Å². The average Bonchev–Trinajstić information content (AvgIpc) is 2.63. The summed E-state index contributed by atoms with van der Waals surface area (Å²) in [5, 5.41) is 0.221. The summed E-state index contributed by atoms with van der Waals surface area (Å²) in [7, 11) is -2.28. The molecule has 0 radical (unpaired) electrons. The van der Waals surface area contributed by atoms with Crippen LogP contribution in [-0.4, -0.2) is 18.0 Å². The summed E-state index contributed by atoms with van der Waals surface area (Å²) >= 11 is 8.08. The predicted molar refractivity (Wildman–Crippen MR) is 82.6 cm³/mol. The van der Waals surface area contributed by atoms with E-state index < -0.39 is 10.0 Å². The summed E-state index contributed by atoms with van der Waals surface area (Å²) < 4.78 is 29.1. The van der Waals surface area contributed by atoms with Crippen LogP contribution in [-0.2, 0) is 17.1 Å². The normalized spacial score (nSPS) is 11.5. The molecule has 0 aliphatic carbocycles. The Bertz CT molecular complexity index is 710. The van der Waals surface area contributed by atoms with Crippen molar-refractivity contribution in [2.24, 2.45) is 7.05 Å². The molecule has 2 aromatic rings. The van der Waals surface area contributed by atoms with Crippen molar-refractivity contribution in [3.63, 3.8) is 0 Å². The summed E-state index contributed by atoms with van der Waals surface area (Å²) in [6.07, 6.45) is 1.33. The number of nitrogens with zero attached hydrogens (tertiary/aromatic N) is 2. The monoisotopic (exact) mass is 412 g/mol. The molecular formula is C10H10ClIN4O2S. The lowest BCUT2D eigenvalue weighted by atomic mass is 10.3. The predicted octanol–water partition coefficient (Wildman–Crippen LogP) is 2.06. The Balaban J connectivity index is 2.42. The van der Waals surface area contributed by atoms with Crippen LogP contribution in [0.5, 0.6) is 0 Å².